The third-order valence-electron chi connectivity index (χ3n) is 5.65. The van der Waals surface area contributed by atoms with Gasteiger partial charge in [-0.05, 0) is 55.5 Å². The number of anilines is 1. The molecule has 0 bridgehead atoms. The molecule has 0 aromatic heterocycles. The minimum Gasteiger partial charge on any atom is -0.354 e. The quantitative estimate of drug-likeness (QED) is 0.449. The Balaban J connectivity index is 2.16. The average Bonchev–Trinajstić information content (AvgIpc) is 2.79. The monoisotopic (exact) mass is 521 g/mol. The van der Waals surface area contributed by atoms with Gasteiger partial charge in [0, 0.05) is 31.1 Å². The first-order valence-corrected chi connectivity index (χ1v) is 14.0. The maximum absolute atomic E-state index is 13.3. The van der Waals surface area contributed by atoms with Crippen LogP contribution in [0.2, 0.25) is 5.02 Å². The molecular formula is C26H36ClN3O4S. The van der Waals surface area contributed by atoms with Crippen LogP contribution in [0.15, 0.2) is 48.5 Å². The Labute approximate surface area is 214 Å². The molecule has 7 nitrogen and oxygen atoms in total. The Morgan fingerprint density at radius 3 is 2.23 bits per heavy atom. The summed E-state index contributed by atoms with van der Waals surface area (Å²) in [6.45, 7) is 8.50. The summed E-state index contributed by atoms with van der Waals surface area (Å²) in [6, 6.07) is 13.7. The SMILES string of the molecule is Cc1ccccc1N(CCCC(=O)N(Cc1ccc(Cl)cc1)[C@@H](C)C(=O)NCC(C)C)S(C)(=O)=O. The molecule has 0 aliphatic heterocycles. The number of para-hydroxylation sites is 1. The lowest BCUT2D eigenvalue weighted by molar-refractivity contribution is -0.140. The number of hydrogen-bond acceptors (Lipinski definition) is 4. The first-order chi connectivity index (χ1) is 16.4. The van der Waals surface area contributed by atoms with Crippen molar-refractivity contribution < 1.29 is 18.0 Å². The van der Waals surface area contributed by atoms with E-state index in [1.54, 1.807) is 31.2 Å². The highest BCUT2D eigenvalue weighted by atomic mass is 35.5. The van der Waals surface area contributed by atoms with Crippen LogP contribution in [0, 0.1) is 12.8 Å². The van der Waals surface area contributed by atoms with E-state index >= 15 is 0 Å². The van der Waals surface area contributed by atoms with Crippen LogP contribution >= 0.6 is 11.6 Å². The summed E-state index contributed by atoms with van der Waals surface area (Å²) in [7, 11) is -3.52. The molecule has 2 amide bonds. The molecule has 0 aliphatic rings. The van der Waals surface area contributed by atoms with Gasteiger partial charge in [-0.2, -0.15) is 0 Å². The molecule has 2 aromatic rings. The smallest absolute Gasteiger partial charge is 0.242 e. The van der Waals surface area contributed by atoms with Crippen molar-refractivity contribution in [3.8, 4) is 0 Å². The van der Waals surface area contributed by atoms with Gasteiger partial charge in [0.25, 0.3) is 0 Å². The zero-order chi connectivity index (χ0) is 26.2. The highest BCUT2D eigenvalue weighted by molar-refractivity contribution is 7.92. The molecule has 0 fully saturated rings. The number of halogens is 1. The Morgan fingerprint density at radius 1 is 1.03 bits per heavy atom. The third-order valence-corrected chi connectivity index (χ3v) is 7.09. The first kappa shape index (κ1) is 28.7. The maximum atomic E-state index is 13.3. The molecule has 1 atom stereocenters. The summed E-state index contributed by atoms with van der Waals surface area (Å²) in [5, 5.41) is 3.48. The van der Waals surface area contributed by atoms with Crippen molar-refractivity contribution in [1.82, 2.24) is 10.2 Å². The van der Waals surface area contributed by atoms with Crippen LogP contribution in [-0.4, -0.2) is 50.5 Å². The predicted molar refractivity (Wildman–Crippen MR) is 142 cm³/mol. The molecule has 2 aromatic carbocycles. The second kappa shape index (κ2) is 12.9. The van der Waals surface area contributed by atoms with E-state index in [0.29, 0.717) is 23.7 Å². The van der Waals surface area contributed by atoms with Crippen LogP contribution in [0.25, 0.3) is 0 Å². The normalized spacial score (nSPS) is 12.3. The standard InChI is InChI=1S/C26H36ClN3O4S/c1-19(2)17-28-26(32)21(4)29(18-22-12-14-23(27)15-13-22)25(31)11-8-16-30(35(5,33)34)24-10-7-6-9-20(24)3/h6-7,9-10,12-15,19,21H,8,11,16-18H2,1-5H3,(H,28,32)/t21-/m0/s1. The number of rotatable bonds is 12. The van der Waals surface area contributed by atoms with Crippen LogP contribution in [0.3, 0.4) is 0 Å². The van der Waals surface area contributed by atoms with Crippen LogP contribution in [-0.2, 0) is 26.2 Å². The van der Waals surface area contributed by atoms with Crippen molar-refractivity contribution in [3.05, 3.63) is 64.7 Å². The second-order valence-corrected chi connectivity index (χ2v) is 11.5. The fraction of sp³-hybridized carbons (Fsp3) is 0.462. The summed E-state index contributed by atoms with van der Waals surface area (Å²) in [6.07, 6.45) is 1.58. The van der Waals surface area contributed by atoms with E-state index < -0.39 is 16.1 Å². The van der Waals surface area contributed by atoms with E-state index in [1.165, 1.54) is 9.21 Å². The molecule has 0 saturated heterocycles. The summed E-state index contributed by atoms with van der Waals surface area (Å²) < 4.78 is 26.2. The van der Waals surface area contributed by atoms with E-state index in [-0.39, 0.29) is 37.2 Å². The van der Waals surface area contributed by atoms with Gasteiger partial charge in [0.2, 0.25) is 21.8 Å². The number of amides is 2. The average molecular weight is 522 g/mol. The molecule has 1 N–H and O–H groups in total. The minimum absolute atomic E-state index is 0.104. The lowest BCUT2D eigenvalue weighted by Crippen LogP contribution is -2.48. The van der Waals surface area contributed by atoms with Crippen molar-refractivity contribution in [2.45, 2.75) is 53.1 Å². The Kier molecular flexibility index (Phi) is 10.6. The van der Waals surface area contributed by atoms with Gasteiger partial charge >= 0.3 is 0 Å². The molecule has 0 radical (unpaired) electrons. The zero-order valence-corrected chi connectivity index (χ0v) is 22.7. The molecule has 0 unspecified atom stereocenters. The fourth-order valence-electron chi connectivity index (χ4n) is 3.65. The third kappa shape index (κ3) is 8.85. The minimum atomic E-state index is -3.52. The van der Waals surface area contributed by atoms with Gasteiger partial charge < -0.3 is 10.2 Å². The van der Waals surface area contributed by atoms with E-state index in [2.05, 4.69) is 5.32 Å². The molecule has 192 valence electrons. The van der Waals surface area contributed by atoms with E-state index in [0.717, 1.165) is 17.4 Å². The van der Waals surface area contributed by atoms with Gasteiger partial charge in [0.05, 0.1) is 11.9 Å². The van der Waals surface area contributed by atoms with Gasteiger partial charge in [-0.25, -0.2) is 8.42 Å². The molecule has 0 heterocycles. The van der Waals surface area contributed by atoms with Crippen LogP contribution in [0.5, 0.6) is 0 Å². The van der Waals surface area contributed by atoms with Crippen LogP contribution < -0.4 is 9.62 Å². The van der Waals surface area contributed by atoms with E-state index in [1.807, 2.05) is 45.0 Å². The summed E-state index contributed by atoms with van der Waals surface area (Å²) in [5.41, 5.74) is 2.29. The van der Waals surface area contributed by atoms with Gasteiger partial charge in [-0.3, -0.25) is 13.9 Å². The van der Waals surface area contributed by atoms with Crippen LogP contribution in [0.4, 0.5) is 5.69 Å². The lowest BCUT2D eigenvalue weighted by atomic mass is 10.1. The molecule has 9 heteroatoms. The highest BCUT2D eigenvalue weighted by Crippen LogP contribution is 2.23. The number of nitrogens with one attached hydrogen (secondary N) is 1. The van der Waals surface area contributed by atoms with Crippen LogP contribution in [0.1, 0.15) is 44.7 Å². The highest BCUT2D eigenvalue weighted by Gasteiger charge is 2.27. The molecular weight excluding hydrogens is 486 g/mol. The number of aryl methyl sites for hydroxylation is 1. The first-order valence-electron chi connectivity index (χ1n) is 11.7. The Morgan fingerprint density at radius 2 is 1.66 bits per heavy atom. The molecule has 2 rings (SSSR count). The lowest BCUT2D eigenvalue weighted by Gasteiger charge is -2.30. The van der Waals surface area contributed by atoms with Crippen molar-refractivity contribution in [1.29, 1.82) is 0 Å². The number of hydrogen-bond donors (Lipinski definition) is 1. The van der Waals surface area contributed by atoms with Gasteiger partial charge in [0.15, 0.2) is 0 Å². The van der Waals surface area contributed by atoms with Gasteiger partial charge in [0.1, 0.15) is 6.04 Å². The maximum Gasteiger partial charge on any atom is 0.242 e. The molecule has 0 aliphatic carbocycles. The summed E-state index contributed by atoms with van der Waals surface area (Å²) in [5.74, 6) is -0.154. The van der Waals surface area contributed by atoms with Crippen molar-refractivity contribution in [3.63, 3.8) is 0 Å². The fourth-order valence-corrected chi connectivity index (χ4v) is 4.80. The second-order valence-electron chi connectivity index (χ2n) is 9.19. The van der Waals surface area contributed by atoms with Crippen molar-refractivity contribution >= 4 is 39.1 Å². The van der Waals surface area contributed by atoms with E-state index in [4.69, 9.17) is 11.6 Å². The predicted octanol–water partition coefficient (Wildman–Crippen LogP) is 4.38. The zero-order valence-electron chi connectivity index (χ0n) is 21.1. The molecule has 0 saturated carbocycles. The van der Waals surface area contributed by atoms with Gasteiger partial charge in [-0.1, -0.05) is 55.8 Å². The number of sulfonamides is 1. The Hall–Kier alpha value is -2.58. The van der Waals surface area contributed by atoms with Gasteiger partial charge in [-0.15, -0.1) is 0 Å². The number of benzene rings is 2. The Bertz CT molecular complexity index is 1100. The largest absolute Gasteiger partial charge is 0.354 e. The van der Waals surface area contributed by atoms with Crippen molar-refractivity contribution in [2.24, 2.45) is 5.92 Å². The molecule has 35 heavy (non-hydrogen) atoms. The van der Waals surface area contributed by atoms with E-state index in [9.17, 15) is 18.0 Å². The topological polar surface area (TPSA) is 86.8 Å². The number of nitrogens with zero attached hydrogens (tertiary/aromatic N) is 2. The summed E-state index contributed by atoms with van der Waals surface area (Å²) >= 11 is 5.99. The number of carbonyl (C=O) groups excluding carboxylic acids is 2. The van der Waals surface area contributed by atoms with Crippen molar-refractivity contribution in [2.75, 3.05) is 23.7 Å². The molecule has 0 spiro atoms. The summed E-state index contributed by atoms with van der Waals surface area (Å²) in [4.78, 5) is 27.6. The number of carbonyl (C=O) groups is 2.